The summed E-state index contributed by atoms with van der Waals surface area (Å²) in [5.74, 6) is -2.08. The molecule has 2 aromatic rings. The molecule has 2 aromatic carbocycles. The molecular weight excluding hydrogens is 284 g/mol. The van der Waals surface area contributed by atoms with Gasteiger partial charge in [-0.3, -0.25) is 4.79 Å². The Morgan fingerprint density at radius 2 is 1.80 bits per heavy atom. The zero-order valence-corrected chi connectivity index (χ0v) is 11.4. The van der Waals surface area contributed by atoms with E-state index in [1.54, 1.807) is 31.2 Å². The lowest BCUT2D eigenvalue weighted by atomic mass is 10.1. The lowest BCUT2D eigenvalue weighted by molar-refractivity contribution is 0.0935. The van der Waals surface area contributed by atoms with Crippen molar-refractivity contribution >= 4 is 17.5 Å². The van der Waals surface area contributed by atoms with E-state index < -0.39 is 17.5 Å². The number of hydrogen-bond donors (Lipinski definition) is 1. The van der Waals surface area contributed by atoms with Crippen molar-refractivity contribution in [1.29, 1.82) is 0 Å². The van der Waals surface area contributed by atoms with E-state index in [2.05, 4.69) is 5.32 Å². The summed E-state index contributed by atoms with van der Waals surface area (Å²) < 4.78 is 26.5. The fraction of sp³-hybridized carbons (Fsp3) is 0.133. The molecule has 104 valence electrons. The van der Waals surface area contributed by atoms with Gasteiger partial charge in [-0.05, 0) is 42.8 Å². The summed E-state index contributed by atoms with van der Waals surface area (Å²) >= 11 is 5.78. The molecule has 1 N–H and O–H groups in total. The Hall–Kier alpha value is -1.94. The molecule has 0 aliphatic heterocycles. The van der Waals surface area contributed by atoms with Gasteiger partial charge in [-0.2, -0.15) is 0 Å². The van der Waals surface area contributed by atoms with Gasteiger partial charge in [0.1, 0.15) is 11.6 Å². The van der Waals surface area contributed by atoms with Crippen LogP contribution in [0.3, 0.4) is 0 Å². The van der Waals surface area contributed by atoms with Crippen LogP contribution >= 0.6 is 11.6 Å². The predicted molar refractivity (Wildman–Crippen MR) is 73.7 cm³/mol. The number of carbonyl (C=O) groups excluding carboxylic acids is 1. The van der Waals surface area contributed by atoms with Crippen LogP contribution in [0, 0.1) is 11.6 Å². The van der Waals surface area contributed by atoms with Crippen molar-refractivity contribution < 1.29 is 13.6 Å². The zero-order chi connectivity index (χ0) is 14.7. The van der Waals surface area contributed by atoms with Gasteiger partial charge in [0.05, 0.1) is 11.6 Å². The molecule has 2 rings (SSSR count). The second kappa shape index (κ2) is 6.01. The van der Waals surface area contributed by atoms with E-state index >= 15 is 0 Å². The number of carbonyl (C=O) groups is 1. The third-order valence-corrected chi connectivity index (χ3v) is 3.14. The van der Waals surface area contributed by atoms with Crippen LogP contribution in [-0.4, -0.2) is 5.91 Å². The van der Waals surface area contributed by atoms with Gasteiger partial charge in [0.2, 0.25) is 0 Å². The summed E-state index contributed by atoms with van der Waals surface area (Å²) in [5.41, 5.74) is 0.505. The molecule has 0 aliphatic rings. The van der Waals surface area contributed by atoms with Crippen molar-refractivity contribution in [2.45, 2.75) is 13.0 Å². The number of hydrogen-bond acceptors (Lipinski definition) is 1. The van der Waals surface area contributed by atoms with Gasteiger partial charge >= 0.3 is 0 Å². The summed E-state index contributed by atoms with van der Waals surface area (Å²) in [4.78, 5) is 11.9. The van der Waals surface area contributed by atoms with Gasteiger partial charge < -0.3 is 5.32 Å². The first-order valence-electron chi connectivity index (χ1n) is 5.99. The van der Waals surface area contributed by atoms with Gasteiger partial charge in [0.15, 0.2) is 0 Å². The average molecular weight is 296 g/mol. The van der Waals surface area contributed by atoms with Crippen molar-refractivity contribution in [2.24, 2.45) is 0 Å². The van der Waals surface area contributed by atoms with Crippen molar-refractivity contribution in [2.75, 3.05) is 0 Å². The lowest BCUT2D eigenvalue weighted by Crippen LogP contribution is -2.27. The second-order valence-electron chi connectivity index (χ2n) is 4.37. The molecule has 20 heavy (non-hydrogen) atoms. The molecule has 0 fully saturated rings. The smallest absolute Gasteiger partial charge is 0.254 e. The topological polar surface area (TPSA) is 29.1 Å². The zero-order valence-electron chi connectivity index (χ0n) is 10.7. The number of benzene rings is 2. The number of halogens is 3. The lowest BCUT2D eigenvalue weighted by Gasteiger charge is -2.14. The summed E-state index contributed by atoms with van der Waals surface area (Å²) in [6, 6.07) is 9.34. The fourth-order valence-electron chi connectivity index (χ4n) is 1.78. The minimum Gasteiger partial charge on any atom is -0.345 e. The van der Waals surface area contributed by atoms with Crippen molar-refractivity contribution in [1.82, 2.24) is 5.32 Å². The van der Waals surface area contributed by atoms with Crippen molar-refractivity contribution in [3.8, 4) is 0 Å². The van der Waals surface area contributed by atoms with Crippen LogP contribution in [0.5, 0.6) is 0 Å². The van der Waals surface area contributed by atoms with E-state index in [1.807, 2.05) is 0 Å². The first kappa shape index (κ1) is 14.5. The predicted octanol–water partition coefficient (Wildman–Crippen LogP) is 4.11. The first-order valence-corrected chi connectivity index (χ1v) is 6.36. The maximum atomic E-state index is 13.5. The molecule has 1 atom stereocenters. The SMILES string of the molecule is C[C@H](NC(=O)c1cc(F)ccc1F)c1ccc(Cl)cc1. The molecule has 0 radical (unpaired) electrons. The Kier molecular flexibility index (Phi) is 4.35. The fourth-order valence-corrected chi connectivity index (χ4v) is 1.91. The number of rotatable bonds is 3. The molecule has 0 aromatic heterocycles. The molecule has 0 spiro atoms. The van der Waals surface area contributed by atoms with Crippen LogP contribution in [0.4, 0.5) is 8.78 Å². The minimum atomic E-state index is -0.757. The Labute approximate surface area is 120 Å². The van der Waals surface area contributed by atoms with Crippen LogP contribution in [0.1, 0.15) is 28.9 Å². The van der Waals surface area contributed by atoms with E-state index in [4.69, 9.17) is 11.6 Å². The van der Waals surface area contributed by atoms with Crippen LogP contribution in [0.2, 0.25) is 5.02 Å². The highest BCUT2D eigenvalue weighted by atomic mass is 35.5. The minimum absolute atomic E-state index is 0.314. The molecule has 0 bridgehead atoms. The maximum absolute atomic E-state index is 13.5. The van der Waals surface area contributed by atoms with E-state index in [1.165, 1.54) is 0 Å². The number of amides is 1. The van der Waals surface area contributed by atoms with Crippen LogP contribution < -0.4 is 5.32 Å². The Balaban J connectivity index is 2.15. The molecule has 0 aliphatic carbocycles. The van der Waals surface area contributed by atoms with E-state index in [0.717, 1.165) is 23.8 Å². The van der Waals surface area contributed by atoms with Crippen molar-refractivity contribution in [3.05, 3.63) is 70.2 Å². The van der Waals surface area contributed by atoms with Gasteiger partial charge in [0, 0.05) is 5.02 Å². The third-order valence-electron chi connectivity index (χ3n) is 2.89. The highest BCUT2D eigenvalue weighted by Gasteiger charge is 2.15. The Morgan fingerprint density at radius 1 is 1.15 bits per heavy atom. The maximum Gasteiger partial charge on any atom is 0.254 e. The second-order valence-corrected chi connectivity index (χ2v) is 4.81. The largest absolute Gasteiger partial charge is 0.345 e. The summed E-state index contributed by atoms with van der Waals surface area (Å²) in [6.45, 7) is 1.75. The van der Waals surface area contributed by atoms with E-state index in [9.17, 15) is 13.6 Å². The molecule has 5 heteroatoms. The first-order chi connectivity index (χ1) is 9.47. The van der Waals surface area contributed by atoms with Gasteiger partial charge in [0.25, 0.3) is 5.91 Å². The summed E-state index contributed by atoms with van der Waals surface area (Å²) in [5, 5.41) is 3.20. The van der Waals surface area contributed by atoms with Crippen LogP contribution in [-0.2, 0) is 0 Å². The Bertz CT molecular complexity index is 628. The van der Waals surface area contributed by atoms with Gasteiger partial charge in [-0.25, -0.2) is 8.78 Å². The van der Waals surface area contributed by atoms with Crippen molar-refractivity contribution in [3.63, 3.8) is 0 Å². The summed E-state index contributed by atoms with van der Waals surface area (Å²) in [7, 11) is 0. The molecule has 2 nitrogen and oxygen atoms in total. The Morgan fingerprint density at radius 3 is 2.45 bits per heavy atom. The standard InChI is InChI=1S/C15H12ClF2NO/c1-9(10-2-4-11(16)5-3-10)19-15(20)13-8-12(17)6-7-14(13)18/h2-9H,1H3,(H,19,20)/t9-/m0/s1. The highest BCUT2D eigenvalue weighted by molar-refractivity contribution is 6.30. The van der Waals surface area contributed by atoms with Crippen LogP contribution in [0.25, 0.3) is 0 Å². The summed E-state index contributed by atoms with van der Waals surface area (Å²) in [6.07, 6.45) is 0. The monoisotopic (exact) mass is 295 g/mol. The quantitative estimate of drug-likeness (QED) is 0.907. The molecule has 0 saturated carbocycles. The molecule has 0 saturated heterocycles. The van der Waals surface area contributed by atoms with E-state index in [-0.39, 0.29) is 11.6 Å². The molecule has 0 heterocycles. The van der Waals surface area contributed by atoms with E-state index in [0.29, 0.717) is 5.02 Å². The molecular formula is C15H12ClF2NO. The molecule has 0 unspecified atom stereocenters. The van der Waals surface area contributed by atoms with Gasteiger partial charge in [-0.15, -0.1) is 0 Å². The third kappa shape index (κ3) is 3.33. The average Bonchev–Trinajstić information content (AvgIpc) is 2.42. The molecule has 1 amide bonds. The number of nitrogens with one attached hydrogen (secondary N) is 1. The highest BCUT2D eigenvalue weighted by Crippen LogP contribution is 2.17. The normalized spacial score (nSPS) is 12.0. The van der Waals surface area contributed by atoms with Gasteiger partial charge in [-0.1, -0.05) is 23.7 Å². The van der Waals surface area contributed by atoms with Crippen LogP contribution in [0.15, 0.2) is 42.5 Å².